The van der Waals surface area contributed by atoms with Gasteiger partial charge in [0.25, 0.3) is 5.91 Å². The molecule has 6 rings (SSSR count). The molecule has 0 spiro atoms. The van der Waals surface area contributed by atoms with E-state index in [1.807, 2.05) is 60.8 Å². The maximum absolute atomic E-state index is 13.0. The van der Waals surface area contributed by atoms with E-state index >= 15 is 0 Å². The van der Waals surface area contributed by atoms with E-state index in [9.17, 15) is 4.79 Å². The molecule has 1 N–H and O–H groups in total. The largest absolute Gasteiger partial charge is 0.283 e. The van der Waals surface area contributed by atoms with E-state index in [0.717, 1.165) is 16.8 Å². The number of pyridine rings is 1. The van der Waals surface area contributed by atoms with Crippen molar-refractivity contribution in [3.8, 4) is 16.9 Å². The van der Waals surface area contributed by atoms with Crippen LogP contribution in [0.25, 0.3) is 23.0 Å². The number of fused-ring (bicyclic) bond motifs is 1. The van der Waals surface area contributed by atoms with Crippen LogP contribution in [0.2, 0.25) is 5.02 Å². The van der Waals surface area contributed by atoms with Crippen LogP contribution in [-0.4, -0.2) is 41.7 Å². The number of benzene rings is 2. The summed E-state index contributed by atoms with van der Waals surface area (Å²) >= 11 is 7.33. The molecule has 10 heteroatoms. The van der Waals surface area contributed by atoms with Gasteiger partial charge in [0, 0.05) is 40.3 Å². The number of amidine groups is 2. The molecule has 0 atom stereocenters. The highest BCUT2D eigenvalue weighted by molar-refractivity contribution is 8.27. The van der Waals surface area contributed by atoms with Crippen molar-refractivity contribution in [1.29, 1.82) is 5.41 Å². The zero-order chi connectivity index (χ0) is 24.6. The summed E-state index contributed by atoms with van der Waals surface area (Å²) in [4.78, 5) is 21.3. The highest BCUT2D eigenvalue weighted by Crippen LogP contribution is 2.32. The second kappa shape index (κ2) is 9.03. The highest BCUT2D eigenvalue weighted by atomic mass is 35.5. The molecule has 0 unspecified atom stereocenters. The first kappa shape index (κ1) is 22.1. The molecule has 174 valence electrons. The van der Waals surface area contributed by atoms with Gasteiger partial charge in [-0.2, -0.15) is 20.2 Å². The van der Waals surface area contributed by atoms with Crippen LogP contribution >= 0.6 is 23.4 Å². The highest BCUT2D eigenvalue weighted by Gasteiger charge is 2.36. The lowest BCUT2D eigenvalue weighted by molar-refractivity contribution is -0.114. The van der Waals surface area contributed by atoms with Crippen LogP contribution in [0.5, 0.6) is 0 Å². The molecule has 4 heterocycles. The molecule has 36 heavy (non-hydrogen) atoms. The fourth-order valence-corrected chi connectivity index (χ4v) is 4.80. The molecule has 4 aromatic rings. The van der Waals surface area contributed by atoms with Gasteiger partial charge in [0.05, 0.1) is 17.0 Å². The molecule has 2 aliphatic heterocycles. The van der Waals surface area contributed by atoms with E-state index in [1.54, 1.807) is 35.3 Å². The number of rotatable bonds is 4. The van der Waals surface area contributed by atoms with Crippen LogP contribution in [-0.2, 0) is 4.79 Å². The molecule has 2 aromatic carbocycles. The molecule has 8 nitrogen and oxygen atoms in total. The number of hydrogen-bond donors (Lipinski definition) is 1. The van der Waals surface area contributed by atoms with Crippen LogP contribution in [0.3, 0.4) is 0 Å². The van der Waals surface area contributed by atoms with Crippen molar-refractivity contribution < 1.29 is 4.79 Å². The van der Waals surface area contributed by atoms with Gasteiger partial charge in [-0.25, -0.2) is 4.68 Å². The number of para-hydroxylation sites is 1. The minimum atomic E-state index is -0.504. The number of carbonyl (C=O) groups excluding carboxylic acids is 1. The van der Waals surface area contributed by atoms with Crippen LogP contribution in [0.4, 0.5) is 0 Å². The SMILES string of the molecule is N=C1/C(=C/c2cn(-c3ccccc3)nc2-c2ccc(Cl)cc2)C(=O)N=C2SC(c3cccnc3)=NN12. The second-order valence-corrected chi connectivity index (χ2v) is 9.28. The predicted molar refractivity (Wildman–Crippen MR) is 142 cm³/mol. The Morgan fingerprint density at radius 2 is 1.78 bits per heavy atom. The van der Waals surface area contributed by atoms with Crippen molar-refractivity contribution in [3.05, 3.63) is 107 Å². The Morgan fingerprint density at radius 1 is 0.972 bits per heavy atom. The van der Waals surface area contributed by atoms with E-state index in [-0.39, 0.29) is 11.4 Å². The Kier molecular flexibility index (Phi) is 5.55. The number of thioether (sulfide) groups is 1. The number of carbonyl (C=O) groups is 1. The number of aromatic nitrogens is 3. The van der Waals surface area contributed by atoms with E-state index < -0.39 is 5.91 Å². The summed E-state index contributed by atoms with van der Waals surface area (Å²) in [5, 5.41) is 21.0. The lowest BCUT2D eigenvalue weighted by Gasteiger charge is -2.20. The summed E-state index contributed by atoms with van der Waals surface area (Å²) in [6, 6.07) is 20.7. The number of amides is 1. The quantitative estimate of drug-likeness (QED) is 0.378. The lowest BCUT2D eigenvalue weighted by atomic mass is 10.0. The standard InChI is InChI=1S/C26H16ClN7OS/c27-19-10-8-16(9-11-19)22-18(15-33(31-22)20-6-2-1-3-7-20)13-21-23(28)34-26(30-24(21)35)36-25(32-34)17-5-4-12-29-14-17/h1-15,28H/b21-13-,28-23?. The molecule has 0 bridgehead atoms. The van der Waals surface area contributed by atoms with Crippen molar-refractivity contribution in [2.24, 2.45) is 10.1 Å². The Balaban J connectivity index is 1.43. The Hall–Kier alpha value is -4.34. The number of aliphatic imine (C=N–C) groups is 1. The number of hydrogen-bond acceptors (Lipinski definition) is 6. The molecule has 0 aliphatic carbocycles. The topological polar surface area (TPSA) is 99.6 Å². The average molecular weight is 510 g/mol. The van der Waals surface area contributed by atoms with Gasteiger partial charge in [-0.3, -0.25) is 15.2 Å². The van der Waals surface area contributed by atoms with Gasteiger partial charge in [0.15, 0.2) is 5.84 Å². The molecule has 2 aromatic heterocycles. The van der Waals surface area contributed by atoms with Gasteiger partial charge in [0.2, 0.25) is 5.17 Å². The Labute approximate surface area is 215 Å². The van der Waals surface area contributed by atoms with Gasteiger partial charge in [0.1, 0.15) is 5.04 Å². The average Bonchev–Trinajstić information content (AvgIpc) is 3.53. The van der Waals surface area contributed by atoms with E-state index in [4.69, 9.17) is 22.1 Å². The Bertz CT molecular complexity index is 1590. The maximum Gasteiger partial charge on any atom is 0.283 e. The zero-order valence-corrected chi connectivity index (χ0v) is 20.1. The summed E-state index contributed by atoms with van der Waals surface area (Å²) in [6.07, 6.45) is 6.83. The molecule has 0 saturated carbocycles. The molecule has 0 saturated heterocycles. The van der Waals surface area contributed by atoms with Crippen molar-refractivity contribution in [3.63, 3.8) is 0 Å². The second-order valence-electron chi connectivity index (χ2n) is 7.89. The molecule has 0 fully saturated rings. The summed E-state index contributed by atoms with van der Waals surface area (Å²) < 4.78 is 1.74. The first-order valence-electron chi connectivity index (χ1n) is 10.9. The minimum Gasteiger partial charge on any atom is -0.282 e. The van der Waals surface area contributed by atoms with Crippen LogP contribution in [0, 0.1) is 5.41 Å². The van der Waals surface area contributed by atoms with Gasteiger partial charge < -0.3 is 0 Å². The molecular weight excluding hydrogens is 494 g/mol. The first-order valence-corrected chi connectivity index (χ1v) is 12.1. The van der Waals surface area contributed by atoms with Gasteiger partial charge in [-0.1, -0.05) is 41.9 Å². The minimum absolute atomic E-state index is 0.0501. The molecule has 1 amide bonds. The van der Waals surface area contributed by atoms with Crippen LogP contribution in [0.15, 0.2) is 101 Å². The van der Waals surface area contributed by atoms with Crippen molar-refractivity contribution in [2.45, 2.75) is 0 Å². The third kappa shape index (κ3) is 4.04. The zero-order valence-electron chi connectivity index (χ0n) is 18.5. The lowest BCUT2D eigenvalue weighted by Crippen LogP contribution is -2.35. The van der Waals surface area contributed by atoms with Crippen LogP contribution < -0.4 is 0 Å². The third-order valence-corrected chi connectivity index (χ3v) is 6.75. The van der Waals surface area contributed by atoms with Gasteiger partial charge >= 0.3 is 0 Å². The number of halogens is 1. The van der Waals surface area contributed by atoms with E-state index in [2.05, 4.69) is 15.1 Å². The fraction of sp³-hybridized carbons (Fsp3) is 0. The summed E-state index contributed by atoms with van der Waals surface area (Å²) in [5.41, 5.74) is 3.92. The van der Waals surface area contributed by atoms with Crippen molar-refractivity contribution in [1.82, 2.24) is 19.8 Å². The molecular formula is C26H16ClN7OS. The summed E-state index contributed by atoms with van der Waals surface area (Å²) in [7, 11) is 0. The number of nitrogens with zero attached hydrogens (tertiary/aromatic N) is 6. The van der Waals surface area contributed by atoms with Crippen molar-refractivity contribution >= 4 is 51.4 Å². The predicted octanol–water partition coefficient (Wildman–Crippen LogP) is 5.26. The van der Waals surface area contributed by atoms with E-state index in [0.29, 0.717) is 26.5 Å². The molecule has 2 aliphatic rings. The summed E-state index contributed by atoms with van der Waals surface area (Å²) in [6.45, 7) is 0. The normalized spacial score (nSPS) is 16.2. The number of hydrazone groups is 1. The van der Waals surface area contributed by atoms with Gasteiger partial charge in [-0.05, 0) is 54.2 Å². The van der Waals surface area contributed by atoms with Crippen LogP contribution in [0.1, 0.15) is 11.1 Å². The maximum atomic E-state index is 13.0. The van der Waals surface area contributed by atoms with Crippen molar-refractivity contribution in [2.75, 3.05) is 0 Å². The molecule has 0 radical (unpaired) electrons. The Morgan fingerprint density at radius 3 is 2.53 bits per heavy atom. The number of nitrogens with one attached hydrogen (secondary N) is 1. The fourth-order valence-electron chi connectivity index (χ4n) is 3.79. The monoisotopic (exact) mass is 509 g/mol. The third-order valence-electron chi connectivity index (χ3n) is 5.54. The summed E-state index contributed by atoms with van der Waals surface area (Å²) in [5.74, 6) is -0.554. The smallest absolute Gasteiger partial charge is 0.282 e. The van der Waals surface area contributed by atoms with Gasteiger partial charge in [-0.15, -0.1) is 0 Å². The van der Waals surface area contributed by atoms with E-state index in [1.165, 1.54) is 16.8 Å². The first-order chi connectivity index (χ1) is 17.6.